The molecule has 7 nitrogen and oxygen atoms in total. The molecule has 0 aliphatic carbocycles. The van der Waals surface area contributed by atoms with Gasteiger partial charge in [-0.25, -0.2) is 4.79 Å². The van der Waals surface area contributed by atoms with Crippen molar-refractivity contribution in [3.63, 3.8) is 0 Å². The first-order valence-electron chi connectivity index (χ1n) is 4.80. The van der Waals surface area contributed by atoms with Crippen molar-refractivity contribution in [1.29, 1.82) is 0 Å². The molecule has 2 aliphatic rings. The van der Waals surface area contributed by atoms with E-state index in [2.05, 4.69) is 10.6 Å². The van der Waals surface area contributed by atoms with E-state index >= 15 is 0 Å². The predicted octanol–water partition coefficient (Wildman–Crippen LogP) is -2.08. The summed E-state index contributed by atoms with van der Waals surface area (Å²) in [6, 6.07) is -0.419. The number of hydrazine groups is 2. The molecule has 0 radical (unpaired) electrons. The van der Waals surface area contributed by atoms with Gasteiger partial charge in [0, 0.05) is 26.2 Å². The molecule has 2 amide bonds. The zero-order valence-electron chi connectivity index (χ0n) is 8.07. The van der Waals surface area contributed by atoms with Crippen LogP contribution in [0.1, 0.15) is 0 Å². The predicted molar refractivity (Wildman–Crippen MR) is 50.6 cm³/mol. The third-order valence-electron chi connectivity index (χ3n) is 2.41. The van der Waals surface area contributed by atoms with Crippen molar-refractivity contribution >= 4 is 6.03 Å². The molecule has 0 atom stereocenters. The Kier molecular flexibility index (Phi) is 2.82. The summed E-state index contributed by atoms with van der Waals surface area (Å²) in [5.41, 5.74) is 5.34. The summed E-state index contributed by atoms with van der Waals surface area (Å²) in [6.45, 7) is 4.79. The molecule has 2 saturated heterocycles. The Hall–Kier alpha value is -0.890. The maximum atomic E-state index is 11.3. The van der Waals surface area contributed by atoms with Crippen LogP contribution in [-0.2, 0) is 0 Å². The van der Waals surface area contributed by atoms with Crippen molar-refractivity contribution in [3.05, 3.63) is 0 Å². The summed E-state index contributed by atoms with van der Waals surface area (Å²) in [5, 5.41) is 11.7. The molecular formula is C7H16N6O. The van der Waals surface area contributed by atoms with E-state index in [1.54, 1.807) is 0 Å². The van der Waals surface area contributed by atoms with Crippen LogP contribution in [-0.4, -0.2) is 60.7 Å². The van der Waals surface area contributed by atoms with Crippen LogP contribution >= 0.6 is 0 Å². The van der Waals surface area contributed by atoms with Crippen LogP contribution < -0.4 is 16.4 Å². The van der Waals surface area contributed by atoms with E-state index in [1.807, 2.05) is 10.0 Å². The largest absolute Gasteiger partial charge is 0.349 e. The van der Waals surface area contributed by atoms with Gasteiger partial charge in [0.05, 0.1) is 13.3 Å². The number of carbonyl (C=O) groups excluding carboxylic acids is 1. The first-order valence-corrected chi connectivity index (χ1v) is 4.80. The van der Waals surface area contributed by atoms with Crippen LogP contribution in [0.3, 0.4) is 0 Å². The van der Waals surface area contributed by atoms with Gasteiger partial charge in [0.25, 0.3) is 0 Å². The molecule has 2 heterocycles. The van der Waals surface area contributed by atoms with E-state index in [-0.39, 0.29) is 0 Å². The number of nitrogens with one attached hydrogen (secondary N) is 2. The van der Waals surface area contributed by atoms with E-state index < -0.39 is 6.03 Å². The molecule has 0 aromatic carbocycles. The standard InChI is InChI=1S/C7H16N6O/c8-7(14)13(11-3-1-9-5-11)12-4-2-10-6-12/h9-10H,1-6H2,(H2,8,14). The van der Waals surface area contributed by atoms with Gasteiger partial charge in [-0.1, -0.05) is 0 Å². The Balaban J connectivity index is 2.02. The maximum absolute atomic E-state index is 11.3. The summed E-state index contributed by atoms with van der Waals surface area (Å²) in [6.07, 6.45) is 0. The van der Waals surface area contributed by atoms with Gasteiger partial charge in [0.2, 0.25) is 0 Å². The summed E-state index contributed by atoms with van der Waals surface area (Å²) < 4.78 is 0. The fourth-order valence-electron chi connectivity index (χ4n) is 1.77. The van der Waals surface area contributed by atoms with E-state index in [1.165, 1.54) is 5.12 Å². The fourth-order valence-corrected chi connectivity index (χ4v) is 1.77. The van der Waals surface area contributed by atoms with E-state index in [0.717, 1.165) is 26.2 Å². The minimum Gasteiger partial charge on any atom is -0.349 e. The van der Waals surface area contributed by atoms with Gasteiger partial charge in [0.15, 0.2) is 0 Å². The molecule has 2 aliphatic heterocycles. The number of amides is 2. The second kappa shape index (κ2) is 4.09. The molecule has 0 spiro atoms. The molecule has 2 rings (SSSR count). The van der Waals surface area contributed by atoms with Crippen LogP contribution in [0.5, 0.6) is 0 Å². The summed E-state index contributed by atoms with van der Waals surface area (Å²) in [4.78, 5) is 11.3. The van der Waals surface area contributed by atoms with Gasteiger partial charge in [-0.05, 0) is 0 Å². The number of hydrogen-bond donors (Lipinski definition) is 3. The molecule has 0 unspecified atom stereocenters. The lowest BCUT2D eigenvalue weighted by Crippen LogP contribution is -2.57. The molecule has 0 aromatic heterocycles. The molecule has 80 valence electrons. The van der Waals surface area contributed by atoms with Crippen molar-refractivity contribution in [2.75, 3.05) is 39.5 Å². The van der Waals surface area contributed by atoms with Gasteiger partial charge >= 0.3 is 6.03 Å². The highest BCUT2D eigenvalue weighted by atomic mass is 16.2. The van der Waals surface area contributed by atoms with Crippen LogP contribution in [0, 0.1) is 0 Å². The lowest BCUT2D eigenvalue weighted by Gasteiger charge is -2.35. The van der Waals surface area contributed by atoms with Crippen LogP contribution in [0.2, 0.25) is 0 Å². The number of nitrogens with two attached hydrogens (primary N) is 1. The highest BCUT2D eigenvalue weighted by molar-refractivity contribution is 5.70. The Bertz CT molecular complexity index is 194. The third-order valence-corrected chi connectivity index (χ3v) is 2.41. The Morgan fingerprint density at radius 3 is 1.93 bits per heavy atom. The molecular weight excluding hydrogens is 184 g/mol. The van der Waals surface area contributed by atoms with Crippen molar-refractivity contribution in [1.82, 2.24) is 25.8 Å². The average molecular weight is 200 g/mol. The number of urea groups is 1. The zero-order chi connectivity index (χ0) is 9.97. The second-order valence-electron chi connectivity index (χ2n) is 3.40. The molecule has 14 heavy (non-hydrogen) atoms. The van der Waals surface area contributed by atoms with E-state index in [9.17, 15) is 4.79 Å². The zero-order valence-corrected chi connectivity index (χ0v) is 8.07. The Morgan fingerprint density at radius 2 is 1.64 bits per heavy atom. The van der Waals surface area contributed by atoms with Crippen LogP contribution in [0.25, 0.3) is 0 Å². The first kappa shape index (κ1) is 9.66. The van der Waals surface area contributed by atoms with Gasteiger partial charge in [-0.15, -0.1) is 0 Å². The van der Waals surface area contributed by atoms with Crippen molar-refractivity contribution in [2.45, 2.75) is 0 Å². The number of hydrogen-bond acceptors (Lipinski definition) is 5. The Morgan fingerprint density at radius 1 is 1.14 bits per heavy atom. The topological polar surface area (TPSA) is 76.9 Å². The molecule has 0 aromatic rings. The lowest BCUT2D eigenvalue weighted by atomic mass is 10.6. The fraction of sp³-hybridized carbons (Fsp3) is 0.857. The smallest absolute Gasteiger partial charge is 0.344 e. The van der Waals surface area contributed by atoms with Gasteiger partial charge < -0.3 is 16.4 Å². The van der Waals surface area contributed by atoms with Crippen molar-refractivity contribution in [2.24, 2.45) is 5.73 Å². The summed E-state index contributed by atoms with van der Waals surface area (Å²) >= 11 is 0. The highest BCUT2D eigenvalue weighted by Crippen LogP contribution is 2.07. The average Bonchev–Trinajstić information content (AvgIpc) is 2.75. The number of carbonyl (C=O) groups is 1. The molecule has 4 N–H and O–H groups in total. The quantitative estimate of drug-likeness (QED) is 0.477. The lowest BCUT2D eigenvalue weighted by molar-refractivity contribution is -0.117. The number of rotatable bonds is 2. The van der Waals surface area contributed by atoms with Gasteiger partial charge in [-0.2, -0.15) is 15.1 Å². The molecule has 0 bridgehead atoms. The molecule has 2 fully saturated rings. The second-order valence-corrected chi connectivity index (χ2v) is 3.40. The van der Waals surface area contributed by atoms with Crippen molar-refractivity contribution in [3.8, 4) is 0 Å². The number of primary amides is 1. The van der Waals surface area contributed by atoms with Crippen molar-refractivity contribution < 1.29 is 4.79 Å². The number of nitrogens with zero attached hydrogens (tertiary/aromatic N) is 3. The molecule has 7 heteroatoms. The Labute approximate surface area is 82.7 Å². The molecule has 0 saturated carbocycles. The monoisotopic (exact) mass is 200 g/mol. The summed E-state index contributed by atoms with van der Waals surface area (Å²) in [7, 11) is 0. The van der Waals surface area contributed by atoms with E-state index in [0.29, 0.717) is 13.3 Å². The highest BCUT2D eigenvalue weighted by Gasteiger charge is 2.29. The summed E-state index contributed by atoms with van der Waals surface area (Å²) in [5.74, 6) is 0. The van der Waals surface area contributed by atoms with Crippen LogP contribution in [0.4, 0.5) is 4.79 Å². The first-order chi connectivity index (χ1) is 6.79. The minimum absolute atomic E-state index is 0.419. The van der Waals surface area contributed by atoms with Gasteiger partial charge in [0.1, 0.15) is 0 Å². The van der Waals surface area contributed by atoms with Gasteiger partial charge in [-0.3, -0.25) is 0 Å². The van der Waals surface area contributed by atoms with E-state index in [4.69, 9.17) is 5.73 Å². The SMILES string of the molecule is NC(=O)N(N1CCNC1)N1CCNC1. The minimum atomic E-state index is -0.419. The van der Waals surface area contributed by atoms with Crippen LogP contribution in [0.15, 0.2) is 0 Å². The maximum Gasteiger partial charge on any atom is 0.344 e. The third kappa shape index (κ3) is 1.80. The normalized spacial score (nSPS) is 24.3.